The van der Waals surface area contributed by atoms with Gasteiger partial charge in [0, 0.05) is 31.8 Å². The Bertz CT molecular complexity index is 382. The van der Waals surface area contributed by atoms with E-state index in [4.69, 9.17) is 0 Å². The highest BCUT2D eigenvalue weighted by molar-refractivity contribution is 6.03. The van der Waals surface area contributed by atoms with Crippen molar-refractivity contribution in [2.45, 2.75) is 71.6 Å². The quantitative estimate of drug-likeness (QED) is 0.471. The standard InChI is InChI=1S/C17H30N2O3/c1-3-4-8-11-18-15(20)10-7-5-6-9-12-19-16(21)13-14(2)17(19)22/h14H,3-13H2,1-2H3,(H,18,20). The number of carbonyl (C=O) groups excluding carboxylic acids is 3. The summed E-state index contributed by atoms with van der Waals surface area (Å²) in [7, 11) is 0. The molecular formula is C17H30N2O3. The average molecular weight is 310 g/mol. The molecule has 0 aliphatic carbocycles. The highest BCUT2D eigenvalue weighted by Crippen LogP contribution is 2.19. The van der Waals surface area contributed by atoms with Crippen molar-refractivity contribution < 1.29 is 14.4 Å². The normalized spacial score (nSPS) is 18.1. The summed E-state index contributed by atoms with van der Waals surface area (Å²) in [5.74, 6) is -0.0841. The van der Waals surface area contributed by atoms with Crippen LogP contribution >= 0.6 is 0 Å². The Morgan fingerprint density at radius 3 is 2.50 bits per heavy atom. The molecule has 5 nitrogen and oxygen atoms in total. The first-order chi connectivity index (χ1) is 10.6. The summed E-state index contributed by atoms with van der Waals surface area (Å²) in [5.41, 5.74) is 0. The second-order valence-corrected chi connectivity index (χ2v) is 6.21. The average Bonchev–Trinajstić information content (AvgIpc) is 2.73. The molecular weight excluding hydrogens is 280 g/mol. The maximum Gasteiger partial charge on any atom is 0.232 e. The maximum absolute atomic E-state index is 11.7. The van der Waals surface area contributed by atoms with Gasteiger partial charge in [0.25, 0.3) is 0 Å². The molecule has 1 N–H and O–H groups in total. The van der Waals surface area contributed by atoms with Crippen molar-refractivity contribution in [3.05, 3.63) is 0 Å². The Labute approximate surface area is 133 Å². The monoisotopic (exact) mass is 310 g/mol. The highest BCUT2D eigenvalue weighted by atomic mass is 16.2. The molecule has 1 rings (SSSR count). The fourth-order valence-electron chi connectivity index (χ4n) is 2.68. The van der Waals surface area contributed by atoms with Crippen LogP contribution in [0.5, 0.6) is 0 Å². The van der Waals surface area contributed by atoms with E-state index in [0.29, 0.717) is 19.4 Å². The van der Waals surface area contributed by atoms with Crippen molar-refractivity contribution in [2.24, 2.45) is 5.92 Å². The molecule has 1 aliphatic heterocycles. The van der Waals surface area contributed by atoms with Crippen LogP contribution in [0.4, 0.5) is 0 Å². The number of imide groups is 1. The topological polar surface area (TPSA) is 66.5 Å². The van der Waals surface area contributed by atoms with Gasteiger partial charge in [-0.1, -0.05) is 39.5 Å². The molecule has 3 amide bonds. The first-order valence-electron chi connectivity index (χ1n) is 8.67. The van der Waals surface area contributed by atoms with Gasteiger partial charge >= 0.3 is 0 Å². The van der Waals surface area contributed by atoms with Gasteiger partial charge in [-0.15, -0.1) is 0 Å². The van der Waals surface area contributed by atoms with Crippen LogP contribution in [0.2, 0.25) is 0 Å². The van der Waals surface area contributed by atoms with Crippen molar-refractivity contribution in [3.8, 4) is 0 Å². The van der Waals surface area contributed by atoms with Gasteiger partial charge in [0.1, 0.15) is 0 Å². The summed E-state index contributed by atoms with van der Waals surface area (Å²) in [6.07, 6.45) is 7.94. The van der Waals surface area contributed by atoms with Crippen LogP contribution in [-0.4, -0.2) is 35.7 Å². The predicted octanol–water partition coefficient (Wildman–Crippen LogP) is 2.64. The van der Waals surface area contributed by atoms with E-state index in [1.165, 1.54) is 4.90 Å². The number of hydrogen-bond donors (Lipinski definition) is 1. The molecule has 1 aliphatic rings. The Balaban J connectivity index is 1.98. The van der Waals surface area contributed by atoms with Gasteiger partial charge in [-0.05, 0) is 19.3 Å². The van der Waals surface area contributed by atoms with Crippen LogP contribution in [0, 0.1) is 5.92 Å². The van der Waals surface area contributed by atoms with Crippen molar-refractivity contribution in [2.75, 3.05) is 13.1 Å². The molecule has 1 heterocycles. The van der Waals surface area contributed by atoms with Gasteiger partial charge in [0.15, 0.2) is 0 Å². The Kier molecular flexibility index (Phi) is 8.78. The molecule has 0 spiro atoms. The van der Waals surface area contributed by atoms with Crippen molar-refractivity contribution in [1.29, 1.82) is 0 Å². The van der Waals surface area contributed by atoms with E-state index in [-0.39, 0.29) is 23.6 Å². The molecule has 0 radical (unpaired) electrons. The fraction of sp³-hybridized carbons (Fsp3) is 0.824. The number of amides is 3. The van der Waals surface area contributed by atoms with Gasteiger partial charge in [0.2, 0.25) is 17.7 Å². The molecule has 1 atom stereocenters. The van der Waals surface area contributed by atoms with E-state index in [0.717, 1.165) is 51.5 Å². The summed E-state index contributed by atoms with van der Waals surface area (Å²) in [6, 6.07) is 0. The van der Waals surface area contributed by atoms with E-state index in [2.05, 4.69) is 12.2 Å². The number of nitrogens with zero attached hydrogens (tertiary/aromatic N) is 1. The first-order valence-corrected chi connectivity index (χ1v) is 8.67. The molecule has 1 fully saturated rings. The van der Waals surface area contributed by atoms with Gasteiger partial charge in [0.05, 0.1) is 0 Å². The number of hydrogen-bond acceptors (Lipinski definition) is 3. The van der Waals surface area contributed by atoms with Gasteiger partial charge < -0.3 is 5.32 Å². The Morgan fingerprint density at radius 2 is 1.86 bits per heavy atom. The molecule has 126 valence electrons. The first kappa shape index (κ1) is 18.7. The van der Waals surface area contributed by atoms with Crippen LogP contribution in [0.3, 0.4) is 0 Å². The molecule has 1 saturated heterocycles. The second-order valence-electron chi connectivity index (χ2n) is 6.21. The lowest BCUT2D eigenvalue weighted by atomic mass is 10.1. The summed E-state index contributed by atoms with van der Waals surface area (Å²) >= 11 is 0. The zero-order chi connectivity index (χ0) is 16.4. The van der Waals surface area contributed by atoms with E-state index in [9.17, 15) is 14.4 Å². The van der Waals surface area contributed by atoms with Crippen molar-refractivity contribution in [3.63, 3.8) is 0 Å². The maximum atomic E-state index is 11.7. The summed E-state index contributed by atoms with van der Waals surface area (Å²) < 4.78 is 0. The van der Waals surface area contributed by atoms with Crippen LogP contribution in [0.15, 0.2) is 0 Å². The molecule has 22 heavy (non-hydrogen) atoms. The highest BCUT2D eigenvalue weighted by Gasteiger charge is 2.34. The lowest BCUT2D eigenvalue weighted by Crippen LogP contribution is -2.31. The zero-order valence-corrected chi connectivity index (χ0v) is 14.0. The number of likely N-dealkylation sites (tertiary alicyclic amines) is 1. The lowest BCUT2D eigenvalue weighted by Gasteiger charge is -2.13. The van der Waals surface area contributed by atoms with Crippen molar-refractivity contribution >= 4 is 17.7 Å². The van der Waals surface area contributed by atoms with Gasteiger partial charge in [-0.3, -0.25) is 19.3 Å². The molecule has 1 unspecified atom stereocenters. The predicted molar refractivity (Wildman–Crippen MR) is 86.1 cm³/mol. The third-order valence-electron chi connectivity index (χ3n) is 4.11. The van der Waals surface area contributed by atoms with E-state index < -0.39 is 0 Å². The molecule has 0 saturated carbocycles. The lowest BCUT2D eigenvalue weighted by molar-refractivity contribution is -0.139. The fourth-order valence-corrected chi connectivity index (χ4v) is 2.68. The van der Waals surface area contributed by atoms with Crippen LogP contribution < -0.4 is 5.32 Å². The SMILES string of the molecule is CCCCCNC(=O)CCCCCCN1C(=O)CC(C)C1=O. The minimum absolute atomic E-state index is 0.0311. The van der Waals surface area contributed by atoms with Crippen molar-refractivity contribution in [1.82, 2.24) is 10.2 Å². The number of nitrogens with one attached hydrogen (secondary N) is 1. The minimum Gasteiger partial charge on any atom is -0.356 e. The summed E-state index contributed by atoms with van der Waals surface area (Å²) in [5, 5.41) is 2.93. The summed E-state index contributed by atoms with van der Waals surface area (Å²) in [6.45, 7) is 5.26. The second kappa shape index (κ2) is 10.4. The number of unbranched alkanes of at least 4 members (excludes halogenated alkanes) is 5. The van der Waals surface area contributed by atoms with Gasteiger partial charge in [-0.25, -0.2) is 0 Å². The summed E-state index contributed by atoms with van der Waals surface area (Å²) in [4.78, 5) is 36.3. The van der Waals surface area contributed by atoms with Crippen LogP contribution in [-0.2, 0) is 14.4 Å². The molecule has 0 aromatic carbocycles. The van der Waals surface area contributed by atoms with E-state index >= 15 is 0 Å². The molecule has 0 aromatic rings. The Hall–Kier alpha value is -1.39. The number of rotatable bonds is 11. The van der Waals surface area contributed by atoms with Gasteiger partial charge in [-0.2, -0.15) is 0 Å². The van der Waals surface area contributed by atoms with Crippen LogP contribution in [0.25, 0.3) is 0 Å². The zero-order valence-electron chi connectivity index (χ0n) is 14.0. The third kappa shape index (κ3) is 6.58. The number of carbonyl (C=O) groups is 3. The third-order valence-corrected chi connectivity index (χ3v) is 4.11. The molecule has 5 heteroatoms. The molecule has 0 aromatic heterocycles. The van der Waals surface area contributed by atoms with Crippen LogP contribution in [0.1, 0.15) is 71.6 Å². The largest absolute Gasteiger partial charge is 0.356 e. The molecule has 0 bridgehead atoms. The van der Waals surface area contributed by atoms with E-state index in [1.807, 2.05) is 0 Å². The smallest absolute Gasteiger partial charge is 0.232 e. The minimum atomic E-state index is -0.149. The Morgan fingerprint density at radius 1 is 1.14 bits per heavy atom. The van der Waals surface area contributed by atoms with E-state index in [1.54, 1.807) is 6.92 Å².